The van der Waals surface area contributed by atoms with Crippen molar-refractivity contribution in [2.75, 3.05) is 0 Å². The van der Waals surface area contributed by atoms with Gasteiger partial charge >= 0.3 is 30.3 Å². The van der Waals surface area contributed by atoms with E-state index in [0.29, 0.717) is 5.56 Å². The average Bonchev–Trinajstić information content (AvgIpc) is 3.57. The molecular weight excluding hydrogens is 554 g/mol. The van der Waals surface area contributed by atoms with Gasteiger partial charge in [-0.25, -0.2) is 14.4 Å². The van der Waals surface area contributed by atoms with Crippen LogP contribution in [-0.2, 0) is 26.8 Å². The van der Waals surface area contributed by atoms with E-state index < -0.39 is 71.7 Å². The first-order valence-electron chi connectivity index (χ1n) is 11.3. The maximum absolute atomic E-state index is 14.3. The molecular formula is C26H12F6O8. The van der Waals surface area contributed by atoms with Crippen LogP contribution in [0.4, 0.5) is 26.3 Å². The van der Waals surface area contributed by atoms with Crippen molar-refractivity contribution in [2.24, 2.45) is 0 Å². The van der Waals surface area contributed by atoms with Gasteiger partial charge in [-0.1, -0.05) is 6.07 Å². The summed E-state index contributed by atoms with van der Waals surface area (Å²) < 4.78 is 109. The highest BCUT2D eigenvalue weighted by Gasteiger charge is 2.50. The molecule has 0 aliphatic carbocycles. The Bertz CT molecular complexity index is 1610. The predicted octanol–water partition coefficient (Wildman–Crippen LogP) is 6.27. The average molecular weight is 566 g/mol. The third-order valence-corrected chi connectivity index (χ3v) is 6.19. The standard InChI is InChI=1S/C26H12F6O8/c27-25(28,29)9-16-17(36-10-2-4-13-15(8-10)22(34)39-21(13)33)5-6-18(19(16)26(30,31)32)37-11-1-3-12-14(7-11)23(35)40-24-20(12)38-24/h1-8,20,24H,9H2. The molecule has 2 atom stereocenters. The van der Waals surface area contributed by atoms with Crippen LogP contribution in [0.2, 0.25) is 0 Å². The third kappa shape index (κ3) is 4.59. The number of hydrogen-bond donors (Lipinski definition) is 0. The quantitative estimate of drug-likeness (QED) is 0.154. The molecule has 0 spiro atoms. The van der Waals surface area contributed by atoms with Gasteiger partial charge in [-0.15, -0.1) is 0 Å². The number of carbonyl (C=O) groups is 3. The van der Waals surface area contributed by atoms with Crippen molar-refractivity contribution in [1.82, 2.24) is 0 Å². The van der Waals surface area contributed by atoms with Crippen LogP contribution in [0.3, 0.4) is 0 Å². The molecule has 2 unspecified atom stereocenters. The Morgan fingerprint density at radius 3 is 2.05 bits per heavy atom. The number of carbonyl (C=O) groups excluding carboxylic acids is 3. The Hall–Kier alpha value is -4.59. The zero-order valence-corrected chi connectivity index (χ0v) is 19.5. The fourth-order valence-electron chi connectivity index (χ4n) is 4.46. The van der Waals surface area contributed by atoms with Gasteiger partial charge in [0.25, 0.3) is 0 Å². The second kappa shape index (κ2) is 8.71. The van der Waals surface area contributed by atoms with E-state index in [-0.39, 0.29) is 28.2 Å². The molecule has 3 aliphatic heterocycles. The number of ether oxygens (including phenoxy) is 5. The van der Waals surface area contributed by atoms with E-state index >= 15 is 0 Å². The molecule has 40 heavy (non-hydrogen) atoms. The second-order valence-corrected chi connectivity index (χ2v) is 8.87. The molecule has 3 aliphatic rings. The number of halogens is 6. The molecule has 3 aromatic carbocycles. The number of fused-ring (bicyclic) bond motifs is 4. The van der Waals surface area contributed by atoms with E-state index in [4.69, 9.17) is 18.9 Å². The Balaban J connectivity index is 1.41. The lowest BCUT2D eigenvalue weighted by atomic mass is 10.0. The number of alkyl halides is 6. The van der Waals surface area contributed by atoms with Gasteiger partial charge in [-0.05, 0) is 42.5 Å². The zero-order chi connectivity index (χ0) is 28.6. The number of esters is 3. The molecule has 206 valence electrons. The molecule has 1 fully saturated rings. The highest BCUT2D eigenvalue weighted by Crippen LogP contribution is 2.49. The summed E-state index contributed by atoms with van der Waals surface area (Å²) in [5.74, 6) is -5.18. The monoisotopic (exact) mass is 566 g/mol. The molecule has 0 N–H and O–H groups in total. The van der Waals surface area contributed by atoms with E-state index in [2.05, 4.69) is 4.74 Å². The number of cyclic esters (lactones) is 2. The van der Waals surface area contributed by atoms with Crippen molar-refractivity contribution in [3.8, 4) is 23.0 Å². The molecule has 0 amide bonds. The minimum absolute atomic E-state index is 0.0195. The lowest BCUT2D eigenvalue weighted by Crippen LogP contribution is -2.19. The van der Waals surface area contributed by atoms with Gasteiger partial charge in [0.05, 0.1) is 23.1 Å². The summed E-state index contributed by atoms with van der Waals surface area (Å²) in [4.78, 5) is 35.6. The first-order valence-corrected chi connectivity index (χ1v) is 11.3. The Morgan fingerprint density at radius 1 is 0.725 bits per heavy atom. The van der Waals surface area contributed by atoms with Gasteiger partial charge in [0.15, 0.2) is 6.10 Å². The van der Waals surface area contributed by atoms with Crippen molar-refractivity contribution >= 4 is 17.9 Å². The lowest BCUT2D eigenvalue weighted by molar-refractivity contribution is -0.144. The molecule has 6 rings (SSSR count). The van der Waals surface area contributed by atoms with Gasteiger partial charge < -0.3 is 23.7 Å². The molecule has 0 aromatic heterocycles. The van der Waals surface area contributed by atoms with Crippen molar-refractivity contribution < 1.29 is 64.4 Å². The summed E-state index contributed by atoms with van der Waals surface area (Å²) in [7, 11) is 0. The topological polar surface area (TPSA) is 101 Å². The summed E-state index contributed by atoms with van der Waals surface area (Å²) >= 11 is 0. The molecule has 0 radical (unpaired) electrons. The number of benzene rings is 3. The SMILES string of the molecule is O=C1OC(=O)c2cc(Oc3ccc(Oc4ccc5c(c4)C(=O)OC4OC54)c(C(F)(F)F)c3CC(F)(F)F)ccc21. The largest absolute Gasteiger partial charge is 0.457 e. The Morgan fingerprint density at radius 2 is 1.35 bits per heavy atom. The fraction of sp³-hybridized carbons (Fsp3) is 0.192. The van der Waals surface area contributed by atoms with Crippen molar-refractivity contribution in [3.05, 3.63) is 81.9 Å². The van der Waals surface area contributed by atoms with Crippen LogP contribution >= 0.6 is 0 Å². The highest BCUT2D eigenvalue weighted by molar-refractivity contribution is 6.14. The van der Waals surface area contributed by atoms with Gasteiger partial charge in [0, 0.05) is 11.1 Å². The minimum Gasteiger partial charge on any atom is -0.457 e. The van der Waals surface area contributed by atoms with Crippen LogP contribution in [0.15, 0.2) is 48.5 Å². The Kier molecular flexibility index (Phi) is 5.59. The van der Waals surface area contributed by atoms with Crippen LogP contribution in [-0.4, -0.2) is 30.4 Å². The summed E-state index contributed by atoms with van der Waals surface area (Å²) in [5, 5.41) is 0. The fourth-order valence-corrected chi connectivity index (χ4v) is 4.46. The Labute approximate surface area is 218 Å². The molecule has 8 nitrogen and oxygen atoms in total. The highest BCUT2D eigenvalue weighted by atomic mass is 19.4. The summed E-state index contributed by atoms with van der Waals surface area (Å²) in [6.45, 7) is 0. The van der Waals surface area contributed by atoms with Gasteiger partial charge in [-0.2, -0.15) is 26.3 Å². The normalized spacial score (nSPS) is 19.3. The number of epoxide rings is 1. The maximum atomic E-state index is 14.3. The lowest BCUT2D eigenvalue weighted by Gasteiger charge is -2.22. The number of hydrogen-bond acceptors (Lipinski definition) is 8. The summed E-state index contributed by atoms with van der Waals surface area (Å²) in [6, 6.07) is 8.51. The summed E-state index contributed by atoms with van der Waals surface area (Å²) in [6.07, 6.45) is -13.7. The van der Waals surface area contributed by atoms with Gasteiger partial charge in [0.1, 0.15) is 28.6 Å². The van der Waals surface area contributed by atoms with Crippen molar-refractivity contribution in [2.45, 2.75) is 31.2 Å². The molecule has 3 aromatic rings. The van der Waals surface area contributed by atoms with Crippen LogP contribution in [0.25, 0.3) is 0 Å². The predicted molar refractivity (Wildman–Crippen MR) is 117 cm³/mol. The van der Waals surface area contributed by atoms with E-state index in [1.165, 1.54) is 12.1 Å². The smallest absolute Gasteiger partial charge is 0.420 e. The van der Waals surface area contributed by atoms with E-state index in [0.717, 1.165) is 36.4 Å². The molecule has 0 bridgehead atoms. The van der Waals surface area contributed by atoms with E-state index in [9.17, 15) is 40.7 Å². The second-order valence-electron chi connectivity index (χ2n) is 8.87. The van der Waals surface area contributed by atoms with E-state index in [1.54, 1.807) is 0 Å². The van der Waals surface area contributed by atoms with Crippen LogP contribution in [0.5, 0.6) is 23.0 Å². The number of rotatable bonds is 5. The molecule has 1 saturated heterocycles. The van der Waals surface area contributed by atoms with E-state index in [1.807, 2.05) is 0 Å². The van der Waals surface area contributed by atoms with Crippen molar-refractivity contribution in [1.29, 1.82) is 0 Å². The minimum atomic E-state index is -5.34. The molecule has 0 saturated carbocycles. The van der Waals surface area contributed by atoms with Crippen molar-refractivity contribution in [3.63, 3.8) is 0 Å². The van der Waals surface area contributed by atoms with Gasteiger partial charge in [0.2, 0.25) is 6.29 Å². The zero-order valence-electron chi connectivity index (χ0n) is 19.5. The van der Waals surface area contributed by atoms with Crippen LogP contribution in [0.1, 0.15) is 53.9 Å². The maximum Gasteiger partial charge on any atom is 0.420 e. The molecule has 14 heteroatoms. The third-order valence-electron chi connectivity index (χ3n) is 6.19. The first kappa shape index (κ1) is 25.7. The van der Waals surface area contributed by atoms with Crippen LogP contribution in [0, 0.1) is 0 Å². The first-order chi connectivity index (χ1) is 18.8. The van der Waals surface area contributed by atoms with Gasteiger partial charge in [-0.3, -0.25) is 0 Å². The molecule has 3 heterocycles. The summed E-state index contributed by atoms with van der Waals surface area (Å²) in [5.41, 5.74) is -3.03. The van der Waals surface area contributed by atoms with Crippen LogP contribution < -0.4 is 9.47 Å².